The molecule has 1 amide bonds. The van der Waals surface area contributed by atoms with Crippen LogP contribution >= 0.6 is 0 Å². The van der Waals surface area contributed by atoms with Crippen molar-refractivity contribution in [3.8, 4) is 0 Å². The standard InChI is InChI=1S/C31H30F4N6O2/c32-26-17-21(16-25(18-26)31(33,34)35)8-15-28(42)41(27-13-11-23(12-14-27)22-4-2-1-3-5-22)19-20-6-9-24(10-7-20)29(43)36-30-37-39-40-38-30/h6-18,22,29,43H,1-5,19H2,(H2,36,37,38,39,40)/b15-8+. The number of hydrogen-bond acceptors (Lipinski definition) is 6. The number of aromatic amines is 1. The lowest BCUT2D eigenvalue weighted by Gasteiger charge is -2.25. The van der Waals surface area contributed by atoms with E-state index in [4.69, 9.17) is 0 Å². The fourth-order valence-electron chi connectivity index (χ4n) is 5.20. The number of hydrogen-bond donors (Lipinski definition) is 3. The maximum absolute atomic E-state index is 13.9. The van der Waals surface area contributed by atoms with Crippen molar-refractivity contribution < 1.29 is 27.5 Å². The third-order valence-corrected chi connectivity index (χ3v) is 7.46. The zero-order valence-electron chi connectivity index (χ0n) is 23.1. The molecule has 1 unspecified atom stereocenters. The Morgan fingerprint density at radius 1 is 1.05 bits per heavy atom. The highest BCUT2D eigenvalue weighted by molar-refractivity contribution is 6.03. The number of halogens is 4. The second kappa shape index (κ2) is 13.2. The molecule has 1 atom stereocenters. The average molecular weight is 595 g/mol. The van der Waals surface area contributed by atoms with Gasteiger partial charge in [0.05, 0.1) is 12.1 Å². The first-order valence-electron chi connectivity index (χ1n) is 13.9. The molecule has 0 spiro atoms. The number of tetrazole rings is 1. The van der Waals surface area contributed by atoms with E-state index in [2.05, 4.69) is 25.9 Å². The van der Waals surface area contributed by atoms with Crippen molar-refractivity contribution in [2.45, 2.75) is 57.0 Å². The van der Waals surface area contributed by atoms with E-state index in [1.54, 1.807) is 24.3 Å². The third kappa shape index (κ3) is 7.83. The van der Waals surface area contributed by atoms with Gasteiger partial charge in [-0.25, -0.2) is 4.39 Å². The van der Waals surface area contributed by atoms with E-state index in [1.807, 2.05) is 24.3 Å². The van der Waals surface area contributed by atoms with Crippen molar-refractivity contribution >= 4 is 23.6 Å². The van der Waals surface area contributed by atoms with Crippen molar-refractivity contribution in [2.24, 2.45) is 0 Å². The number of nitrogens with zero attached hydrogens (tertiary/aromatic N) is 4. The lowest BCUT2D eigenvalue weighted by molar-refractivity contribution is -0.137. The zero-order chi connectivity index (χ0) is 30.4. The average Bonchev–Trinajstić information content (AvgIpc) is 3.52. The van der Waals surface area contributed by atoms with Crippen LogP contribution in [-0.4, -0.2) is 31.6 Å². The smallest absolute Gasteiger partial charge is 0.369 e. The summed E-state index contributed by atoms with van der Waals surface area (Å²) in [5, 5.41) is 26.3. The first kappa shape index (κ1) is 29.9. The largest absolute Gasteiger partial charge is 0.416 e. The lowest BCUT2D eigenvalue weighted by Crippen LogP contribution is -2.28. The van der Waals surface area contributed by atoms with Crippen LogP contribution in [0.25, 0.3) is 6.08 Å². The van der Waals surface area contributed by atoms with Crippen LogP contribution in [0.1, 0.15) is 72.1 Å². The molecule has 5 rings (SSSR count). The Hall–Kier alpha value is -4.58. The minimum Gasteiger partial charge on any atom is -0.369 e. The SMILES string of the molecule is O=C(/C=C/c1cc(F)cc(C(F)(F)F)c1)N(Cc1ccc(C(O)Nc2nn[nH]n2)cc1)c1ccc(C2CCCCC2)cc1. The summed E-state index contributed by atoms with van der Waals surface area (Å²) >= 11 is 0. The molecule has 43 heavy (non-hydrogen) atoms. The van der Waals surface area contributed by atoms with Gasteiger partial charge in [0.1, 0.15) is 5.82 Å². The van der Waals surface area contributed by atoms with E-state index < -0.39 is 29.7 Å². The topological polar surface area (TPSA) is 107 Å². The van der Waals surface area contributed by atoms with Crippen molar-refractivity contribution in [2.75, 3.05) is 10.2 Å². The number of benzene rings is 3. The predicted octanol–water partition coefficient (Wildman–Crippen LogP) is 6.75. The molecule has 3 aromatic carbocycles. The highest BCUT2D eigenvalue weighted by Gasteiger charge is 2.31. The Morgan fingerprint density at radius 2 is 1.77 bits per heavy atom. The highest BCUT2D eigenvalue weighted by Crippen LogP contribution is 2.34. The minimum absolute atomic E-state index is 0.0827. The Kier molecular flexibility index (Phi) is 9.15. The number of anilines is 2. The molecule has 3 N–H and O–H groups in total. The Balaban J connectivity index is 1.38. The van der Waals surface area contributed by atoms with Crippen LogP contribution in [0, 0.1) is 5.82 Å². The summed E-state index contributed by atoms with van der Waals surface area (Å²) in [4.78, 5) is 15.0. The van der Waals surface area contributed by atoms with Crippen molar-refractivity contribution in [3.05, 3.63) is 106 Å². The van der Waals surface area contributed by atoms with Crippen LogP contribution in [0.2, 0.25) is 0 Å². The van der Waals surface area contributed by atoms with Gasteiger partial charge in [0, 0.05) is 17.3 Å². The molecule has 1 heterocycles. The predicted molar refractivity (Wildman–Crippen MR) is 153 cm³/mol. The van der Waals surface area contributed by atoms with Gasteiger partial charge < -0.3 is 15.3 Å². The van der Waals surface area contributed by atoms with Gasteiger partial charge in [0.15, 0.2) is 6.23 Å². The summed E-state index contributed by atoms with van der Waals surface area (Å²) in [6.45, 7) is 0.136. The van der Waals surface area contributed by atoms with Crippen LogP contribution < -0.4 is 10.2 Å². The summed E-state index contributed by atoms with van der Waals surface area (Å²) in [6, 6.07) is 16.8. The van der Waals surface area contributed by atoms with Gasteiger partial charge in [-0.2, -0.15) is 18.4 Å². The number of H-pyrrole nitrogens is 1. The quantitative estimate of drug-likeness (QED) is 0.112. The Morgan fingerprint density at radius 3 is 2.42 bits per heavy atom. The lowest BCUT2D eigenvalue weighted by atomic mass is 9.84. The van der Waals surface area contributed by atoms with Crippen molar-refractivity contribution in [1.29, 1.82) is 0 Å². The molecule has 0 aliphatic heterocycles. The summed E-state index contributed by atoms with van der Waals surface area (Å²) in [5.41, 5.74) is 1.85. The molecule has 1 aromatic heterocycles. The molecule has 224 valence electrons. The number of nitrogens with one attached hydrogen (secondary N) is 2. The summed E-state index contributed by atoms with van der Waals surface area (Å²) in [5.74, 6) is -0.945. The van der Waals surface area contributed by atoms with Gasteiger partial charge in [-0.3, -0.25) is 4.79 Å². The summed E-state index contributed by atoms with van der Waals surface area (Å²) < 4.78 is 53.5. The zero-order valence-corrected chi connectivity index (χ0v) is 23.1. The van der Waals surface area contributed by atoms with Crippen LogP contribution in [0.5, 0.6) is 0 Å². The molecule has 1 fully saturated rings. The molecule has 0 bridgehead atoms. The van der Waals surface area contributed by atoms with E-state index in [1.165, 1.54) is 35.8 Å². The second-order valence-electron chi connectivity index (χ2n) is 10.5. The first-order chi connectivity index (χ1) is 20.7. The molecule has 12 heteroatoms. The third-order valence-electron chi connectivity index (χ3n) is 7.46. The Bertz CT molecular complexity index is 1530. The maximum Gasteiger partial charge on any atom is 0.416 e. The van der Waals surface area contributed by atoms with E-state index >= 15 is 0 Å². The van der Waals surface area contributed by atoms with Gasteiger partial charge >= 0.3 is 6.18 Å². The van der Waals surface area contributed by atoms with E-state index in [-0.39, 0.29) is 18.1 Å². The summed E-state index contributed by atoms with van der Waals surface area (Å²) in [6.07, 6.45) is 2.34. The van der Waals surface area contributed by atoms with Crippen LogP contribution in [0.3, 0.4) is 0 Å². The molecule has 1 aliphatic carbocycles. The van der Waals surface area contributed by atoms with Crippen LogP contribution in [0.15, 0.2) is 72.8 Å². The number of rotatable bonds is 9. The van der Waals surface area contributed by atoms with Gasteiger partial charge in [-0.15, -0.1) is 5.10 Å². The number of aliphatic hydroxyl groups is 1. The van der Waals surface area contributed by atoms with E-state index in [0.717, 1.165) is 36.6 Å². The van der Waals surface area contributed by atoms with Crippen LogP contribution in [-0.2, 0) is 17.5 Å². The Labute approximate surface area is 245 Å². The number of carbonyl (C=O) groups excluding carboxylic acids is 1. The van der Waals surface area contributed by atoms with Gasteiger partial charge in [0.25, 0.3) is 11.9 Å². The van der Waals surface area contributed by atoms with Crippen molar-refractivity contribution in [1.82, 2.24) is 20.6 Å². The second-order valence-corrected chi connectivity index (χ2v) is 10.5. The highest BCUT2D eigenvalue weighted by atomic mass is 19.4. The monoisotopic (exact) mass is 594 g/mol. The van der Waals surface area contributed by atoms with Gasteiger partial charge in [-0.05, 0) is 77.1 Å². The number of aromatic nitrogens is 4. The maximum atomic E-state index is 13.9. The number of carbonyl (C=O) groups is 1. The molecule has 0 radical (unpaired) electrons. The number of amides is 1. The number of aliphatic hydroxyl groups excluding tert-OH is 1. The molecule has 1 aliphatic rings. The molecule has 0 saturated heterocycles. The molecule has 4 aromatic rings. The van der Waals surface area contributed by atoms with Gasteiger partial charge in [-0.1, -0.05) is 60.8 Å². The van der Waals surface area contributed by atoms with E-state index in [9.17, 15) is 27.5 Å². The molecule has 1 saturated carbocycles. The number of alkyl halides is 3. The van der Waals surface area contributed by atoms with Gasteiger partial charge in [0.2, 0.25) is 0 Å². The normalized spacial score (nSPS) is 15.0. The van der Waals surface area contributed by atoms with Crippen LogP contribution in [0.4, 0.5) is 29.2 Å². The van der Waals surface area contributed by atoms with E-state index in [0.29, 0.717) is 23.2 Å². The van der Waals surface area contributed by atoms with Crippen molar-refractivity contribution in [3.63, 3.8) is 0 Å². The fourth-order valence-corrected chi connectivity index (χ4v) is 5.20. The first-order valence-corrected chi connectivity index (χ1v) is 13.9. The molecular weight excluding hydrogens is 564 g/mol. The molecule has 8 nitrogen and oxygen atoms in total. The molecular formula is C31H30F4N6O2. The summed E-state index contributed by atoms with van der Waals surface area (Å²) in [7, 11) is 0. The minimum atomic E-state index is -4.72. The fraction of sp³-hybridized carbons (Fsp3) is 0.290.